The number of carbonyl (C=O) groups is 1. The number of benzene rings is 4. The molecule has 0 aliphatic heterocycles. The quantitative estimate of drug-likeness (QED) is 0.0587. The molecule has 1 saturated carbocycles. The van der Waals surface area contributed by atoms with Gasteiger partial charge in [-0.05, 0) is 41.6 Å². The minimum Gasteiger partial charge on any atom is -0.369 e. The van der Waals surface area contributed by atoms with E-state index in [1.807, 2.05) is 72.8 Å². The second-order valence-electron chi connectivity index (χ2n) is 15.6. The van der Waals surface area contributed by atoms with Crippen molar-refractivity contribution < 1.29 is 23.7 Å². The van der Waals surface area contributed by atoms with E-state index in [1.165, 1.54) is 38.5 Å². The molecule has 0 heterocycles. The van der Waals surface area contributed by atoms with Crippen LogP contribution in [0.15, 0.2) is 121 Å². The molecule has 1 aliphatic carbocycles. The van der Waals surface area contributed by atoms with Crippen LogP contribution < -0.4 is 10.6 Å². The van der Waals surface area contributed by atoms with E-state index < -0.39 is 30.5 Å². The fraction of sp³-hybridized carbons (Fsp3) is 0.500. The second-order valence-corrected chi connectivity index (χ2v) is 15.6. The predicted molar refractivity (Wildman–Crippen MR) is 231 cm³/mol. The Morgan fingerprint density at radius 1 is 0.439 bits per heavy atom. The summed E-state index contributed by atoms with van der Waals surface area (Å²) in [7, 11) is 0. The Morgan fingerprint density at radius 3 is 1.21 bits per heavy atom. The van der Waals surface area contributed by atoms with Gasteiger partial charge in [0.2, 0.25) is 5.91 Å². The fourth-order valence-corrected chi connectivity index (χ4v) is 7.77. The molecule has 4 aromatic carbocycles. The van der Waals surface area contributed by atoms with E-state index in [0.29, 0.717) is 32.8 Å². The number of ether oxygens (including phenoxy) is 4. The predicted octanol–water partition coefficient (Wildman–Crippen LogP) is 10.5. The van der Waals surface area contributed by atoms with Crippen LogP contribution in [0.2, 0.25) is 0 Å². The minimum absolute atomic E-state index is 0.0310. The number of hydrogen-bond donors (Lipinski definition) is 2. The largest absolute Gasteiger partial charge is 0.369 e. The zero-order valence-corrected chi connectivity index (χ0v) is 34.6. The van der Waals surface area contributed by atoms with Gasteiger partial charge in [0.25, 0.3) is 0 Å². The van der Waals surface area contributed by atoms with E-state index in [-0.39, 0.29) is 11.9 Å². The number of unbranched alkanes of at least 4 members (excludes halogenated alkanes) is 9. The third-order valence-corrected chi connectivity index (χ3v) is 11.0. The number of rotatable bonds is 27. The Bertz CT molecular complexity index is 1610. The Kier molecular flexibility index (Phi) is 20.4. The molecule has 1 aliphatic rings. The Balaban J connectivity index is 1.53. The molecule has 7 heteroatoms. The highest BCUT2D eigenvalue weighted by molar-refractivity contribution is 5.76. The lowest BCUT2D eigenvalue weighted by molar-refractivity contribution is -0.230. The minimum atomic E-state index is -0.569. The molecular weight excluding hydrogens is 709 g/mol. The van der Waals surface area contributed by atoms with Crippen LogP contribution in [0, 0.1) is 0 Å². The van der Waals surface area contributed by atoms with Gasteiger partial charge in [-0.2, -0.15) is 0 Å². The summed E-state index contributed by atoms with van der Waals surface area (Å²) in [5.41, 5.74) is 4.25. The van der Waals surface area contributed by atoms with Gasteiger partial charge in [-0.15, -0.1) is 0 Å². The van der Waals surface area contributed by atoms with Gasteiger partial charge in [0.15, 0.2) is 0 Å². The standard InChI is InChI=1S/C50H68N2O5/c1-3-5-7-9-11-25-35-51-45-46(52-44(53)34-24-10-8-6-4-2)48(55-37-41-28-18-13-19-29-41)50(57-39-43-32-22-15-23-33-43)49(56-38-42-30-20-14-21-31-42)47(45)54-36-40-26-16-12-17-27-40/h12-23,26-33,45-51H,3-11,24-25,34-39H2,1-2H3,(H,52,53)/t45-,46-,47-,48-,49+,50+/m0/s1. The molecule has 7 nitrogen and oxygen atoms in total. The molecule has 2 N–H and O–H groups in total. The van der Waals surface area contributed by atoms with Crippen LogP contribution in [-0.4, -0.2) is 49.0 Å². The first-order chi connectivity index (χ1) is 28.2. The first-order valence-corrected chi connectivity index (χ1v) is 21.8. The van der Waals surface area contributed by atoms with E-state index >= 15 is 0 Å². The van der Waals surface area contributed by atoms with Crippen molar-refractivity contribution in [3.8, 4) is 0 Å². The molecule has 0 bridgehead atoms. The third-order valence-electron chi connectivity index (χ3n) is 11.0. The summed E-state index contributed by atoms with van der Waals surface area (Å²) >= 11 is 0. The van der Waals surface area contributed by atoms with E-state index in [2.05, 4.69) is 73.0 Å². The molecule has 57 heavy (non-hydrogen) atoms. The van der Waals surface area contributed by atoms with Crippen molar-refractivity contribution in [2.75, 3.05) is 6.54 Å². The third kappa shape index (κ3) is 15.4. The van der Waals surface area contributed by atoms with Crippen LogP contribution in [0.3, 0.4) is 0 Å². The lowest BCUT2D eigenvalue weighted by Crippen LogP contribution is -2.73. The van der Waals surface area contributed by atoms with Crippen molar-refractivity contribution in [3.05, 3.63) is 144 Å². The van der Waals surface area contributed by atoms with E-state index in [0.717, 1.165) is 60.9 Å². The normalized spacial score (nSPS) is 20.7. The number of nitrogens with one attached hydrogen (secondary N) is 2. The molecule has 4 aromatic rings. The van der Waals surface area contributed by atoms with Gasteiger partial charge < -0.3 is 29.6 Å². The monoisotopic (exact) mass is 777 g/mol. The SMILES string of the molecule is CCCCCCCCN[C@H]1[C@H](NC(=O)CCCCCCC)[C@H](OCc2ccccc2)[C@@H](OCc2ccccc2)[C@H](OCc2ccccc2)[C@H]1OCc1ccccc1. The van der Waals surface area contributed by atoms with Gasteiger partial charge in [-0.1, -0.05) is 193 Å². The molecule has 0 radical (unpaired) electrons. The lowest BCUT2D eigenvalue weighted by atomic mass is 9.80. The van der Waals surface area contributed by atoms with Crippen molar-refractivity contribution in [1.82, 2.24) is 10.6 Å². The molecule has 0 aromatic heterocycles. The summed E-state index contributed by atoms with van der Waals surface area (Å²) < 4.78 is 28.1. The topological polar surface area (TPSA) is 78.1 Å². The van der Waals surface area contributed by atoms with Crippen LogP contribution in [0.5, 0.6) is 0 Å². The maximum atomic E-state index is 14.0. The summed E-state index contributed by atoms with van der Waals surface area (Å²) in [5.74, 6) is 0.0310. The summed E-state index contributed by atoms with van der Waals surface area (Å²) in [4.78, 5) is 14.0. The molecule has 0 spiro atoms. The zero-order valence-electron chi connectivity index (χ0n) is 34.6. The molecule has 1 amide bonds. The number of amides is 1. The van der Waals surface area contributed by atoms with Gasteiger partial charge in [-0.3, -0.25) is 4.79 Å². The van der Waals surface area contributed by atoms with Crippen LogP contribution >= 0.6 is 0 Å². The fourth-order valence-electron chi connectivity index (χ4n) is 7.77. The highest BCUT2D eigenvalue weighted by Crippen LogP contribution is 2.33. The van der Waals surface area contributed by atoms with Crippen LogP contribution in [0.4, 0.5) is 0 Å². The van der Waals surface area contributed by atoms with Crippen molar-refractivity contribution in [2.24, 2.45) is 0 Å². The van der Waals surface area contributed by atoms with Gasteiger partial charge in [0, 0.05) is 6.42 Å². The van der Waals surface area contributed by atoms with Gasteiger partial charge in [-0.25, -0.2) is 0 Å². The van der Waals surface area contributed by atoms with Gasteiger partial charge >= 0.3 is 0 Å². The Hall–Kier alpha value is -3.85. The van der Waals surface area contributed by atoms with Crippen LogP contribution in [0.25, 0.3) is 0 Å². The Labute approximate surface area is 343 Å². The molecule has 6 atom stereocenters. The highest BCUT2D eigenvalue weighted by atomic mass is 16.6. The molecule has 1 fully saturated rings. The van der Waals surface area contributed by atoms with Crippen molar-refractivity contribution >= 4 is 5.91 Å². The molecule has 308 valence electrons. The van der Waals surface area contributed by atoms with Crippen LogP contribution in [-0.2, 0) is 50.2 Å². The summed E-state index contributed by atoms with van der Waals surface area (Å²) in [6.45, 7) is 6.76. The maximum Gasteiger partial charge on any atom is 0.220 e. The average Bonchev–Trinajstić information content (AvgIpc) is 3.25. The van der Waals surface area contributed by atoms with Gasteiger partial charge in [0.1, 0.15) is 24.4 Å². The first kappa shape index (κ1) is 44.3. The Morgan fingerprint density at radius 2 is 0.789 bits per heavy atom. The second kappa shape index (κ2) is 26.2. The van der Waals surface area contributed by atoms with Crippen LogP contribution in [0.1, 0.15) is 113 Å². The maximum absolute atomic E-state index is 14.0. The summed E-state index contributed by atoms with van der Waals surface area (Å²) in [6, 6.07) is 40.3. The van der Waals surface area contributed by atoms with Crippen molar-refractivity contribution in [2.45, 2.75) is 154 Å². The smallest absolute Gasteiger partial charge is 0.220 e. The average molecular weight is 777 g/mol. The van der Waals surface area contributed by atoms with Crippen molar-refractivity contribution in [3.63, 3.8) is 0 Å². The van der Waals surface area contributed by atoms with Gasteiger partial charge in [0.05, 0.1) is 38.5 Å². The number of carbonyl (C=O) groups excluding carboxylic acids is 1. The highest BCUT2D eigenvalue weighted by Gasteiger charge is 2.54. The lowest BCUT2D eigenvalue weighted by Gasteiger charge is -2.51. The molecule has 0 unspecified atom stereocenters. The first-order valence-electron chi connectivity index (χ1n) is 21.8. The summed E-state index contributed by atoms with van der Waals surface area (Å²) in [6.07, 6.45) is 10.9. The van der Waals surface area contributed by atoms with E-state index in [4.69, 9.17) is 18.9 Å². The number of hydrogen-bond acceptors (Lipinski definition) is 6. The molecular formula is C50H68N2O5. The zero-order chi connectivity index (χ0) is 39.8. The molecule has 0 saturated heterocycles. The molecule has 5 rings (SSSR count). The van der Waals surface area contributed by atoms with E-state index in [1.54, 1.807) is 0 Å². The van der Waals surface area contributed by atoms with E-state index in [9.17, 15) is 4.79 Å². The summed E-state index contributed by atoms with van der Waals surface area (Å²) in [5, 5.41) is 7.46. The van der Waals surface area contributed by atoms with Crippen molar-refractivity contribution in [1.29, 1.82) is 0 Å².